The van der Waals surface area contributed by atoms with E-state index in [2.05, 4.69) is 5.32 Å². The largest absolute Gasteiger partial charge is 0.348 e. The van der Waals surface area contributed by atoms with Crippen LogP contribution in [0.1, 0.15) is 40.2 Å². The molecule has 1 amide bonds. The molecule has 3 aliphatic rings. The molecule has 0 spiro atoms. The van der Waals surface area contributed by atoms with Crippen molar-refractivity contribution < 1.29 is 15.0 Å². The van der Waals surface area contributed by atoms with E-state index in [9.17, 15) is 13.6 Å². The molecule has 2 aliphatic heterocycles. The van der Waals surface area contributed by atoms with Crippen LogP contribution in [0.15, 0.2) is 6.07 Å². The molecule has 5 heteroatoms. The Morgan fingerprint density at radius 2 is 1.95 bits per heavy atom. The molecule has 3 nitrogen and oxygen atoms in total. The number of amides is 1. The van der Waals surface area contributed by atoms with Crippen LogP contribution in [-0.2, 0) is 6.54 Å². The molecular formula is C15H16F2N2O. The van der Waals surface area contributed by atoms with Gasteiger partial charge in [0.1, 0.15) is 0 Å². The highest BCUT2D eigenvalue weighted by Crippen LogP contribution is 2.48. The maximum atomic E-state index is 14.5. The van der Waals surface area contributed by atoms with Gasteiger partial charge in [-0.3, -0.25) is 4.79 Å². The van der Waals surface area contributed by atoms with Crippen LogP contribution in [0.5, 0.6) is 0 Å². The zero-order valence-corrected chi connectivity index (χ0v) is 11.0. The van der Waals surface area contributed by atoms with Gasteiger partial charge in [0.15, 0.2) is 13.0 Å². The molecule has 1 aromatic carbocycles. The Balaban J connectivity index is 1.90. The Labute approximate surface area is 117 Å². The van der Waals surface area contributed by atoms with Crippen LogP contribution in [0.25, 0.3) is 0 Å². The maximum Gasteiger partial charge on any atom is 0.252 e. The number of nitrogens with one attached hydrogen (secondary N) is 2. The highest BCUT2D eigenvalue weighted by Gasteiger charge is 2.43. The van der Waals surface area contributed by atoms with Crippen molar-refractivity contribution in [1.29, 1.82) is 0 Å². The number of hydrogen-bond donors (Lipinski definition) is 2. The fourth-order valence-corrected chi connectivity index (χ4v) is 4.18. The predicted octanol–water partition coefficient (Wildman–Crippen LogP) is 1.92. The van der Waals surface area contributed by atoms with Crippen LogP contribution in [0.4, 0.5) is 8.78 Å². The Kier molecular flexibility index (Phi) is 2.38. The molecule has 3 atom stereocenters. The van der Waals surface area contributed by atoms with E-state index in [0.29, 0.717) is 23.0 Å². The van der Waals surface area contributed by atoms with E-state index in [1.165, 1.54) is 0 Å². The molecule has 1 aliphatic carbocycles. The number of fused-ring (bicyclic) bond motifs is 3. The molecule has 1 aromatic rings. The molecule has 0 aromatic heterocycles. The minimum absolute atomic E-state index is 0.0324. The van der Waals surface area contributed by atoms with E-state index in [0.717, 1.165) is 37.3 Å². The molecule has 2 heterocycles. The molecular weight excluding hydrogens is 262 g/mol. The van der Waals surface area contributed by atoms with Gasteiger partial charge in [0.2, 0.25) is 0 Å². The first-order chi connectivity index (χ1) is 10.1. The minimum atomic E-state index is -0.967. The number of rotatable bonds is 1. The molecule has 2 bridgehead atoms. The molecule has 2 fully saturated rings. The Morgan fingerprint density at radius 3 is 2.65 bits per heavy atom. The van der Waals surface area contributed by atoms with Crippen LogP contribution < -0.4 is 10.6 Å². The lowest BCUT2D eigenvalue weighted by atomic mass is 9.78. The second kappa shape index (κ2) is 4.25. The summed E-state index contributed by atoms with van der Waals surface area (Å²) < 4.78 is 36.0. The monoisotopic (exact) mass is 279 g/mol. The lowest BCUT2D eigenvalue weighted by Crippen LogP contribution is -2.37. The van der Waals surface area contributed by atoms with Crippen molar-refractivity contribution in [1.82, 2.24) is 10.6 Å². The molecule has 4 rings (SSSR count). The van der Waals surface area contributed by atoms with Crippen LogP contribution in [0.3, 0.4) is 0 Å². The summed E-state index contributed by atoms with van der Waals surface area (Å²) >= 11 is 0. The number of carbonyl (C=O) groups is 1. The molecule has 1 saturated heterocycles. The van der Waals surface area contributed by atoms with Gasteiger partial charge in [0.05, 0.1) is 0 Å². The van der Waals surface area contributed by atoms with Crippen LogP contribution in [0.2, 0.25) is 1.41 Å². The number of hydrogen-bond acceptors (Lipinski definition) is 2. The molecule has 106 valence electrons. The van der Waals surface area contributed by atoms with Gasteiger partial charge >= 0.3 is 0 Å². The van der Waals surface area contributed by atoms with E-state index in [4.69, 9.17) is 1.41 Å². The fourth-order valence-electron chi connectivity index (χ4n) is 4.18. The van der Waals surface area contributed by atoms with Gasteiger partial charge in [0.25, 0.3) is 5.91 Å². The van der Waals surface area contributed by atoms with Crippen molar-refractivity contribution in [2.45, 2.75) is 25.3 Å². The average molecular weight is 279 g/mol. The van der Waals surface area contributed by atoms with Crippen LogP contribution in [0, 0.1) is 23.5 Å². The number of halogens is 2. The van der Waals surface area contributed by atoms with Crippen molar-refractivity contribution in [2.75, 3.05) is 13.1 Å². The van der Waals surface area contributed by atoms with E-state index in [1.54, 1.807) is 0 Å². The third kappa shape index (κ3) is 1.56. The molecule has 20 heavy (non-hydrogen) atoms. The van der Waals surface area contributed by atoms with E-state index < -0.39 is 17.5 Å². The minimum Gasteiger partial charge on any atom is -0.348 e. The van der Waals surface area contributed by atoms with Crippen molar-refractivity contribution in [3.05, 3.63) is 34.4 Å². The van der Waals surface area contributed by atoms with Gasteiger partial charge in [-0.15, -0.1) is 0 Å². The van der Waals surface area contributed by atoms with Gasteiger partial charge in [-0.1, -0.05) is 0 Å². The summed E-state index contributed by atoms with van der Waals surface area (Å²) in [6, 6.07) is 0.952. The fraction of sp³-hybridized carbons (Fsp3) is 0.533. The van der Waals surface area contributed by atoms with Crippen molar-refractivity contribution >= 4 is 5.91 Å². The van der Waals surface area contributed by atoms with Crippen LogP contribution in [-0.4, -0.2) is 19.0 Å². The third-order valence-corrected chi connectivity index (χ3v) is 5.05. The summed E-state index contributed by atoms with van der Waals surface area (Å²) in [5, 5.41) is 4.12. The van der Waals surface area contributed by atoms with Gasteiger partial charge in [-0.25, -0.2) is 8.78 Å². The molecule has 1 saturated carbocycles. The van der Waals surface area contributed by atoms with Crippen molar-refractivity contribution in [3.63, 3.8) is 0 Å². The Morgan fingerprint density at radius 1 is 1.25 bits per heavy atom. The number of carbonyl (C=O) groups excluding carboxylic acids is 1. The first kappa shape index (κ1) is 11.2. The molecule has 2 N–H and O–H groups in total. The summed E-state index contributed by atoms with van der Waals surface area (Å²) in [7, 11) is 0. The van der Waals surface area contributed by atoms with Crippen molar-refractivity contribution in [2.24, 2.45) is 11.8 Å². The summed E-state index contributed by atoms with van der Waals surface area (Å²) in [5.41, 5.74) is 1.05. The zero-order valence-electron chi connectivity index (χ0n) is 12.0. The number of benzene rings is 1. The maximum absolute atomic E-state index is 14.5. The highest BCUT2D eigenvalue weighted by molar-refractivity contribution is 5.98. The van der Waals surface area contributed by atoms with E-state index in [-0.39, 0.29) is 18.0 Å². The van der Waals surface area contributed by atoms with Gasteiger partial charge < -0.3 is 10.6 Å². The standard InChI is InChI=1S/C15H16F2N2O/c16-11-3-9-10(6-19-15(9)20)13(14(11)17)12-7-1-2-8(12)5-18-4-7/h3,7-8,12,18H,1-2,4-6H2,(H,19,20)/t7-,8+,12?/i/hD. The second-order valence-electron chi connectivity index (χ2n) is 6.02. The first-order valence-electron chi connectivity index (χ1n) is 7.55. The quantitative estimate of drug-likeness (QED) is 0.824. The van der Waals surface area contributed by atoms with Crippen molar-refractivity contribution in [3.8, 4) is 0 Å². The third-order valence-electron chi connectivity index (χ3n) is 5.05. The Hall–Kier alpha value is -1.49. The summed E-state index contributed by atoms with van der Waals surface area (Å²) in [5.74, 6) is -1.77. The Bertz CT molecular complexity index is 621. The lowest BCUT2D eigenvalue weighted by Gasteiger charge is -2.32. The predicted molar refractivity (Wildman–Crippen MR) is 69.4 cm³/mol. The number of piperidine rings is 1. The smallest absolute Gasteiger partial charge is 0.252 e. The first-order valence-corrected chi connectivity index (χ1v) is 7.10. The summed E-state index contributed by atoms with van der Waals surface area (Å²) in [6.45, 7) is 1.68. The van der Waals surface area contributed by atoms with Gasteiger partial charge in [-0.05, 0) is 55.3 Å². The SMILES string of the molecule is [2H]N1Cc2c(cc(F)c(F)c2C2[C@@H]3CC[C@H]2CNC3)C1=O. The lowest BCUT2D eigenvalue weighted by molar-refractivity contribution is 0.0965. The van der Waals surface area contributed by atoms with Gasteiger partial charge in [-0.2, -0.15) is 0 Å². The summed E-state index contributed by atoms with van der Waals surface area (Å²) in [4.78, 5) is 11.9. The molecule has 1 unspecified atom stereocenters. The topological polar surface area (TPSA) is 41.1 Å². The molecule has 0 radical (unpaired) electrons. The zero-order chi connectivity index (χ0) is 14.7. The van der Waals surface area contributed by atoms with Gasteiger partial charge in [0, 0.05) is 17.7 Å². The average Bonchev–Trinajstić information content (AvgIpc) is 2.86. The van der Waals surface area contributed by atoms with E-state index in [1.807, 2.05) is 0 Å². The van der Waals surface area contributed by atoms with E-state index >= 15 is 0 Å². The summed E-state index contributed by atoms with van der Waals surface area (Å²) in [6.07, 6.45) is 2.01. The normalized spacial score (nSPS) is 32.5. The second-order valence-corrected chi connectivity index (χ2v) is 6.02. The van der Waals surface area contributed by atoms with Crippen LogP contribution >= 0.6 is 0 Å². The highest BCUT2D eigenvalue weighted by atomic mass is 19.2.